The molecule has 1 saturated carbocycles. The largest absolute Gasteiger partial charge is 0.437 e. The third kappa shape index (κ3) is 5.96. The van der Waals surface area contributed by atoms with Crippen LogP contribution in [-0.4, -0.2) is 65.8 Å². The maximum Gasteiger partial charge on any atom is 0.437 e. The minimum Gasteiger partial charge on any atom is -0.420 e. The Morgan fingerprint density at radius 3 is 2.32 bits per heavy atom. The van der Waals surface area contributed by atoms with Crippen LogP contribution < -0.4 is 9.80 Å². The van der Waals surface area contributed by atoms with Gasteiger partial charge in [0, 0.05) is 57.8 Å². The number of Topliss-reactive ketones (excluding diaryl/α,β-unsaturated/α-hetero) is 1. The van der Waals surface area contributed by atoms with E-state index in [9.17, 15) is 22.8 Å². The third-order valence-electron chi connectivity index (χ3n) is 7.77. The molecular formula is C27H34F3N5O3. The number of halogens is 3. The second-order valence-corrected chi connectivity index (χ2v) is 10.5. The summed E-state index contributed by atoms with van der Waals surface area (Å²) in [6.07, 6.45) is 4.22. The summed E-state index contributed by atoms with van der Waals surface area (Å²) >= 11 is 0. The Labute approximate surface area is 220 Å². The highest BCUT2D eigenvalue weighted by Crippen LogP contribution is 2.35. The van der Waals surface area contributed by atoms with E-state index in [4.69, 9.17) is 4.42 Å². The van der Waals surface area contributed by atoms with Gasteiger partial charge in [0.2, 0.25) is 17.5 Å². The molecule has 0 N–H and O–H groups in total. The first-order valence-corrected chi connectivity index (χ1v) is 13.6. The lowest BCUT2D eigenvalue weighted by molar-refractivity contribution is -0.141. The zero-order valence-corrected chi connectivity index (χ0v) is 21.5. The Morgan fingerprint density at radius 1 is 0.895 bits per heavy atom. The molecule has 0 radical (unpaired) electrons. The van der Waals surface area contributed by atoms with Crippen molar-refractivity contribution in [3.05, 3.63) is 35.3 Å². The van der Waals surface area contributed by atoms with Crippen LogP contribution in [0.15, 0.2) is 22.7 Å². The zero-order valence-electron chi connectivity index (χ0n) is 21.5. The van der Waals surface area contributed by atoms with Crippen LogP contribution in [0.1, 0.15) is 73.2 Å². The van der Waals surface area contributed by atoms with E-state index in [1.165, 1.54) is 6.20 Å². The van der Waals surface area contributed by atoms with Crippen molar-refractivity contribution in [1.82, 2.24) is 14.9 Å². The van der Waals surface area contributed by atoms with Gasteiger partial charge in [-0.15, -0.1) is 0 Å². The fourth-order valence-corrected chi connectivity index (χ4v) is 5.68. The Morgan fingerprint density at radius 2 is 1.63 bits per heavy atom. The number of rotatable bonds is 6. The van der Waals surface area contributed by atoms with Crippen molar-refractivity contribution in [2.24, 2.45) is 5.92 Å². The van der Waals surface area contributed by atoms with Gasteiger partial charge in [-0.25, -0.2) is 4.98 Å². The minimum atomic E-state index is -4.79. The van der Waals surface area contributed by atoms with Gasteiger partial charge in [-0.3, -0.25) is 9.59 Å². The average Bonchev–Trinajstić information content (AvgIpc) is 3.56. The van der Waals surface area contributed by atoms with E-state index in [0.717, 1.165) is 70.3 Å². The molecule has 1 aliphatic carbocycles. The predicted octanol–water partition coefficient (Wildman–Crippen LogP) is 4.73. The standard InChI is InChI=1S/C27H34F3N5O3/c28-27(29,30)24-23(38-26(32-24)35-11-4-1-5-12-35)21(36)17-19-9-10-22(31-18-19)33-13-6-14-34(16-15-33)25(37)20-7-2-3-8-20/h9-10,18,20H,1-8,11-17H2. The highest BCUT2D eigenvalue weighted by atomic mass is 19.4. The number of carbonyl (C=O) groups excluding carboxylic acids is 2. The summed E-state index contributed by atoms with van der Waals surface area (Å²) in [5, 5.41) is 0. The summed E-state index contributed by atoms with van der Waals surface area (Å²) in [6.45, 7) is 3.90. The number of nitrogens with zero attached hydrogens (tertiary/aromatic N) is 5. The number of ketones is 1. The van der Waals surface area contributed by atoms with Crippen LogP contribution in [0.3, 0.4) is 0 Å². The first-order chi connectivity index (χ1) is 18.3. The van der Waals surface area contributed by atoms with Crippen molar-refractivity contribution >= 4 is 23.5 Å². The molecule has 3 fully saturated rings. The highest BCUT2D eigenvalue weighted by Gasteiger charge is 2.41. The van der Waals surface area contributed by atoms with Crippen molar-refractivity contribution in [2.75, 3.05) is 49.1 Å². The van der Waals surface area contributed by atoms with Crippen molar-refractivity contribution in [3.8, 4) is 0 Å². The summed E-state index contributed by atoms with van der Waals surface area (Å²) in [7, 11) is 0. The number of aromatic nitrogens is 2. The fourth-order valence-electron chi connectivity index (χ4n) is 5.68. The van der Waals surface area contributed by atoms with Gasteiger partial charge in [0.15, 0.2) is 5.69 Å². The van der Waals surface area contributed by atoms with Gasteiger partial charge in [0.25, 0.3) is 6.01 Å². The Kier molecular flexibility index (Phi) is 7.90. The van der Waals surface area contributed by atoms with E-state index in [-0.39, 0.29) is 24.3 Å². The Balaban J connectivity index is 1.23. The second kappa shape index (κ2) is 11.3. The molecule has 3 aliphatic rings. The summed E-state index contributed by atoms with van der Waals surface area (Å²) in [5.74, 6) is -0.380. The smallest absolute Gasteiger partial charge is 0.420 e. The van der Waals surface area contributed by atoms with E-state index in [0.29, 0.717) is 31.7 Å². The number of anilines is 2. The molecule has 0 aromatic carbocycles. The molecule has 206 valence electrons. The topological polar surface area (TPSA) is 82.8 Å². The predicted molar refractivity (Wildman–Crippen MR) is 135 cm³/mol. The lowest BCUT2D eigenvalue weighted by atomic mass is 10.1. The van der Waals surface area contributed by atoms with Gasteiger partial charge in [0.05, 0.1) is 0 Å². The van der Waals surface area contributed by atoms with E-state index in [2.05, 4.69) is 14.9 Å². The van der Waals surface area contributed by atoms with Crippen LogP contribution in [0.5, 0.6) is 0 Å². The zero-order chi connectivity index (χ0) is 26.7. The van der Waals surface area contributed by atoms with Gasteiger partial charge in [-0.2, -0.15) is 18.2 Å². The van der Waals surface area contributed by atoms with Crippen molar-refractivity contribution in [1.29, 1.82) is 0 Å². The number of carbonyl (C=O) groups is 2. The molecule has 2 aromatic rings. The van der Waals surface area contributed by atoms with Gasteiger partial charge < -0.3 is 19.1 Å². The molecule has 5 rings (SSSR count). The van der Waals surface area contributed by atoms with Crippen molar-refractivity contribution < 1.29 is 27.2 Å². The molecule has 8 nitrogen and oxygen atoms in total. The number of pyridine rings is 1. The lowest BCUT2D eigenvalue weighted by Gasteiger charge is -2.25. The first-order valence-electron chi connectivity index (χ1n) is 13.6. The molecule has 11 heteroatoms. The van der Waals surface area contributed by atoms with Crippen LogP contribution in [0.4, 0.5) is 25.0 Å². The molecular weight excluding hydrogens is 499 g/mol. The lowest BCUT2D eigenvalue weighted by Crippen LogP contribution is -2.38. The van der Waals surface area contributed by atoms with Crippen LogP contribution in [0.25, 0.3) is 0 Å². The van der Waals surface area contributed by atoms with Crippen molar-refractivity contribution in [2.45, 2.75) is 64.0 Å². The quantitative estimate of drug-likeness (QED) is 0.497. The van der Waals surface area contributed by atoms with Gasteiger partial charge in [-0.05, 0) is 50.2 Å². The summed E-state index contributed by atoms with van der Waals surface area (Å²) in [4.78, 5) is 39.6. The molecule has 0 spiro atoms. The van der Waals surface area contributed by atoms with Gasteiger partial charge in [0.1, 0.15) is 5.82 Å². The normalized spacial score (nSPS) is 19.6. The van der Waals surface area contributed by atoms with Crippen LogP contribution in [-0.2, 0) is 17.4 Å². The van der Waals surface area contributed by atoms with Gasteiger partial charge in [-0.1, -0.05) is 18.9 Å². The van der Waals surface area contributed by atoms with Gasteiger partial charge >= 0.3 is 6.18 Å². The summed E-state index contributed by atoms with van der Waals surface area (Å²) in [5.41, 5.74) is -0.774. The van der Waals surface area contributed by atoms with Crippen LogP contribution >= 0.6 is 0 Å². The Bertz CT molecular complexity index is 1120. The third-order valence-corrected chi connectivity index (χ3v) is 7.77. The van der Waals surface area contributed by atoms with Crippen LogP contribution in [0, 0.1) is 5.92 Å². The fraction of sp³-hybridized carbons (Fsp3) is 0.630. The molecule has 4 heterocycles. The molecule has 2 saturated heterocycles. The van der Waals surface area contributed by atoms with Crippen molar-refractivity contribution in [3.63, 3.8) is 0 Å². The minimum absolute atomic E-state index is 0.143. The number of amides is 1. The summed E-state index contributed by atoms with van der Waals surface area (Å²) in [6, 6.07) is 3.35. The van der Waals surface area contributed by atoms with E-state index < -0.39 is 23.4 Å². The molecule has 0 bridgehead atoms. The molecule has 2 aromatic heterocycles. The average molecular weight is 534 g/mol. The number of piperidine rings is 1. The first kappa shape index (κ1) is 26.5. The number of oxazole rings is 1. The summed E-state index contributed by atoms with van der Waals surface area (Å²) < 4.78 is 46.3. The monoisotopic (exact) mass is 533 g/mol. The van der Waals surface area contributed by atoms with E-state index in [1.54, 1.807) is 17.0 Å². The molecule has 0 atom stereocenters. The molecule has 38 heavy (non-hydrogen) atoms. The van der Waals surface area contributed by atoms with E-state index >= 15 is 0 Å². The highest BCUT2D eigenvalue weighted by molar-refractivity contribution is 5.96. The second-order valence-electron chi connectivity index (χ2n) is 10.5. The number of alkyl halides is 3. The van der Waals surface area contributed by atoms with Crippen LogP contribution in [0.2, 0.25) is 0 Å². The molecule has 1 amide bonds. The van der Waals surface area contributed by atoms with E-state index in [1.807, 2.05) is 4.90 Å². The maximum atomic E-state index is 13.6. The molecule has 2 aliphatic heterocycles. The SMILES string of the molecule is O=C(Cc1ccc(N2CCCN(C(=O)C3CCCC3)CC2)nc1)c1oc(N2CCCCC2)nc1C(F)(F)F. The Hall–Kier alpha value is -3.11. The molecule has 0 unspecified atom stereocenters. The number of hydrogen-bond acceptors (Lipinski definition) is 7. The number of hydrogen-bond donors (Lipinski definition) is 0. The maximum absolute atomic E-state index is 13.6.